The van der Waals surface area contributed by atoms with E-state index in [1.165, 1.54) is 43.5 Å². The zero-order chi connectivity index (χ0) is 30.3. The van der Waals surface area contributed by atoms with Crippen LogP contribution < -0.4 is 9.64 Å². The van der Waals surface area contributed by atoms with Crippen molar-refractivity contribution in [2.75, 3.05) is 17.5 Å². The maximum Gasteiger partial charge on any atom is 0.271 e. The first-order valence-electron chi connectivity index (χ1n) is 12.9. The maximum absolute atomic E-state index is 14.0. The van der Waals surface area contributed by atoms with Gasteiger partial charge in [-0.25, -0.2) is 4.90 Å². The first-order valence-corrected chi connectivity index (χ1v) is 14.8. The molecule has 4 amide bonds. The highest BCUT2D eigenvalue weighted by molar-refractivity contribution is 9.09. The molecule has 0 spiro atoms. The number of nitro benzene ring substituents is 1. The molecule has 2 aromatic carbocycles. The molecule has 218 valence electrons. The van der Waals surface area contributed by atoms with Crippen molar-refractivity contribution in [3.8, 4) is 11.5 Å². The summed E-state index contributed by atoms with van der Waals surface area (Å²) in [4.78, 5) is 63.7. The van der Waals surface area contributed by atoms with Gasteiger partial charge in [-0.05, 0) is 43.0 Å². The van der Waals surface area contributed by atoms with Crippen molar-refractivity contribution < 1.29 is 33.9 Å². The molecule has 42 heavy (non-hydrogen) atoms. The number of amides is 4. The standard InChI is InChI=1S/C28H22BrCl2N3O8/c1-42-15-5-8-20(35)18(10-15)22-16-6-7-17-21(19(16)11-27(30)25(38)32(12-29)26(39)28(22,27)31)24(37)33(23(17)36)13-3-2-4-14(9-13)34(40)41/h2-6,8-10,17,19,21-22,35H,7,11-12H2,1H3/t17-,19+,21-,22+,27+,28-/m0/s1. The lowest BCUT2D eigenvalue weighted by molar-refractivity contribution is -0.384. The maximum atomic E-state index is 14.0. The molecule has 2 heterocycles. The number of methoxy groups -OCH3 is 1. The van der Waals surface area contributed by atoms with Crippen LogP contribution in [0.25, 0.3) is 0 Å². The van der Waals surface area contributed by atoms with Crippen LogP contribution >= 0.6 is 39.1 Å². The van der Waals surface area contributed by atoms with Gasteiger partial charge < -0.3 is 9.84 Å². The van der Waals surface area contributed by atoms with E-state index in [9.17, 15) is 34.4 Å². The number of benzene rings is 2. The van der Waals surface area contributed by atoms with E-state index in [0.29, 0.717) is 11.3 Å². The van der Waals surface area contributed by atoms with E-state index in [4.69, 9.17) is 27.9 Å². The van der Waals surface area contributed by atoms with Gasteiger partial charge in [-0.2, -0.15) is 0 Å². The van der Waals surface area contributed by atoms with Gasteiger partial charge in [-0.1, -0.05) is 33.6 Å². The van der Waals surface area contributed by atoms with Crippen molar-refractivity contribution in [1.29, 1.82) is 0 Å². The average Bonchev–Trinajstić information content (AvgIpc) is 3.31. The van der Waals surface area contributed by atoms with Gasteiger partial charge in [0.2, 0.25) is 11.8 Å². The van der Waals surface area contributed by atoms with Crippen molar-refractivity contribution in [2.24, 2.45) is 17.8 Å². The fraction of sp³-hybridized carbons (Fsp3) is 0.357. The first-order chi connectivity index (χ1) is 19.9. The number of ether oxygens (including phenoxy) is 1. The second-order valence-corrected chi connectivity index (χ2v) is 12.4. The summed E-state index contributed by atoms with van der Waals surface area (Å²) in [5.74, 6) is -6.38. The van der Waals surface area contributed by atoms with Crippen LogP contribution in [0.15, 0.2) is 54.1 Å². The molecule has 14 heteroatoms. The molecule has 3 fully saturated rings. The second-order valence-electron chi connectivity index (χ2n) is 10.7. The molecule has 0 unspecified atom stereocenters. The Morgan fingerprint density at radius 2 is 1.83 bits per heavy atom. The second kappa shape index (κ2) is 9.78. The van der Waals surface area contributed by atoms with Crippen LogP contribution in [-0.2, 0) is 19.2 Å². The number of fused-ring (bicyclic) bond motifs is 4. The molecule has 1 saturated carbocycles. The van der Waals surface area contributed by atoms with Crippen LogP contribution in [0, 0.1) is 27.9 Å². The summed E-state index contributed by atoms with van der Waals surface area (Å²) in [5.41, 5.74) is 0.250. The third kappa shape index (κ3) is 3.64. The summed E-state index contributed by atoms with van der Waals surface area (Å²) in [6.07, 6.45) is 1.59. The molecule has 1 N–H and O–H groups in total. The van der Waals surface area contributed by atoms with Gasteiger partial charge in [0, 0.05) is 23.6 Å². The number of carbonyl (C=O) groups excluding carboxylic acids is 4. The highest BCUT2D eigenvalue weighted by Gasteiger charge is 2.76. The Morgan fingerprint density at radius 3 is 2.50 bits per heavy atom. The van der Waals surface area contributed by atoms with Crippen LogP contribution in [0.3, 0.4) is 0 Å². The van der Waals surface area contributed by atoms with Crippen LogP contribution in [-0.4, -0.2) is 60.9 Å². The number of nitro groups is 1. The molecule has 2 aromatic rings. The number of phenols is 1. The number of allylic oxidation sites excluding steroid dienone is 2. The minimum Gasteiger partial charge on any atom is -0.508 e. The SMILES string of the molecule is COc1ccc(O)c([C@H]2C3=CC[C@@H]4C(=O)N(c5cccc([N+](=O)[O-])c5)C(=O)[C@@H]4[C@@H]3C[C@@]3(Cl)C(=O)N(CBr)C(=O)[C@@]23Cl)c1. The Morgan fingerprint density at radius 1 is 1.10 bits per heavy atom. The number of rotatable bonds is 5. The van der Waals surface area contributed by atoms with Crippen LogP contribution in [0.5, 0.6) is 11.5 Å². The number of carbonyl (C=O) groups is 4. The average molecular weight is 679 g/mol. The quantitative estimate of drug-likeness (QED) is 0.123. The summed E-state index contributed by atoms with van der Waals surface area (Å²) in [7, 11) is 1.43. The zero-order valence-electron chi connectivity index (χ0n) is 21.8. The van der Waals surface area contributed by atoms with E-state index in [-0.39, 0.29) is 41.0 Å². The molecule has 6 rings (SSSR count). The molecule has 11 nitrogen and oxygen atoms in total. The van der Waals surface area contributed by atoms with Crippen LogP contribution in [0.2, 0.25) is 0 Å². The number of hydrogen-bond acceptors (Lipinski definition) is 8. The number of aromatic hydroxyl groups is 1. The molecule has 0 radical (unpaired) electrons. The topological polar surface area (TPSA) is 147 Å². The number of alkyl halides is 3. The number of halogens is 3. The number of likely N-dealkylation sites (tertiary alicyclic amines) is 1. The fourth-order valence-electron chi connectivity index (χ4n) is 6.99. The molecule has 2 saturated heterocycles. The van der Waals surface area contributed by atoms with Crippen molar-refractivity contribution >= 4 is 74.1 Å². The van der Waals surface area contributed by atoms with E-state index < -0.39 is 62.0 Å². The summed E-state index contributed by atoms with van der Waals surface area (Å²) in [6, 6.07) is 9.62. The number of non-ortho nitro benzene ring substituents is 1. The van der Waals surface area contributed by atoms with Gasteiger partial charge in [0.15, 0.2) is 9.75 Å². The summed E-state index contributed by atoms with van der Waals surface area (Å²) < 4.78 is 5.36. The molecule has 2 aliphatic heterocycles. The minimum absolute atomic E-state index is 0.0535. The van der Waals surface area contributed by atoms with E-state index in [0.717, 1.165) is 15.9 Å². The van der Waals surface area contributed by atoms with Gasteiger partial charge in [0.05, 0.1) is 35.0 Å². The predicted octanol–water partition coefficient (Wildman–Crippen LogP) is 4.22. The Kier molecular flexibility index (Phi) is 6.67. The molecular weight excluding hydrogens is 657 g/mol. The van der Waals surface area contributed by atoms with Crippen LogP contribution in [0.4, 0.5) is 11.4 Å². The Bertz CT molecular complexity index is 1630. The van der Waals surface area contributed by atoms with E-state index in [2.05, 4.69) is 15.9 Å². The highest BCUT2D eigenvalue weighted by Crippen LogP contribution is 2.66. The molecule has 0 aromatic heterocycles. The van der Waals surface area contributed by atoms with Crippen molar-refractivity contribution in [3.05, 3.63) is 69.8 Å². The van der Waals surface area contributed by atoms with Gasteiger partial charge in [0.1, 0.15) is 11.5 Å². The number of imide groups is 2. The Balaban J connectivity index is 1.52. The third-order valence-electron chi connectivity index (χ3n) is 8.86. The van der Waals surface area contributed by atoms with E-state index in [1.54, 1.807) is 6.08 Å². The van der Waals surface area contributed by atoms with Gasteiger partial charge in [0.25, 0.3) is 17.5 Å². The number of nitrogens with zero attached hydrogens (tertiary/aromatic N) is 3. The summed E-state index contributed by atoms with van der Waals surface area (Å²) >= 11 is 17.5. The summed E-state index contributed by atoms with van der Waals surface area (Å²) in [6.45, 7) is 0. The normalized spacial score (nSPS) is 32.0. The van der Waals surface area contributed by atoms with Gasteiger partial charge in [-0.3, -0.25) is 34.2 Å². The molecular formula is C28H22BrCl2N3O8. The monoisotopic (exact) mass is 677 g/mol. The van der Waals surface area contributed by atoms with E-state index >= 15 is 0 Å². The molecule has 0 bridgehead atoms. The largest absolute Gasteiger partial charge is 0.508 e. The lowest BCUT2D eigenvalue weighted by atomic mass is 9.56. The molecule has 6 atom stereocenters. The van der Waals surface area contributed by atoms with Crippen molar-refractivity contribution in [1.82, 2.24) is 4.90 Å². The fourth-order valence-corrected chi connectivity index (χ4v) is 8.41. The smallest absolute Gasteiger partial charge is 0.271 e. The lowest BCUT2D eigenvalue weighted by Crippen LogP contribution is -2.60. The predicted molar refractivity (Wildman–Crippen MR) is 154 cm³/mol. The lowest BCUT2D eigenvalue weighted by Gasteiger charge is -2.50. The third-order valence-corrected chi connectivity index (χ3v) is 10.8. The van der Waals surface area contributed by atoms with Crippen molar-refractivity contribution in [3.63, 3.8) is 0 Å². The van der Waals surface area contributed by atoms with Crippen molar-refractivity contribution in [2.45, 2.75) is 28.5 Å². The van der Waals surface area contributed by atoms with E-state index in [1.807, 2.05) is 0 Å². The molecule has 2 aliphatic carbocycles. The number of hydrogen-bond donors (Lipinski definition) is 1. The Hall–Kier alpha value is -3.48. The zero-order valence-corrected chi connectivity index (χ0v) is 24.9. The van der Waals surface area contributed by atoms with Crippen LogP contribution in [0.1, 0.15) is 24.3 Å². The molecule has 4 aliphatic rings. The van der Waals surface area contributed by atoms with Gasteiger partial charge in [-0.15, -0.1) is 23.2 Å². The minimum atomic E-state index is -2.08. The number of phenolic OH excluding ortho intramolecular Hbond substituents is 1. The van der Waals surface area contributed by atoms with Gasteiger partial charge >= 0.3 is 0 Å². The summed E-state index contributed by atoms with van der Waals surface area (Å²) in [5, 5.41) is 22.4. The first kappa shape index (κ1) is 28.6. The number of anilines is 1. The highest BCUT2D eigenvalue weighted by atomic mass is 79.9. The Labute approximate surface area is 257 Å².